The van der Waals surface area contributed by atoms with Crippen molar-refractivity contribution in [2.45, 2.75) is 45.3 Å². The molecule has 21 heavy (non-hydrogen) atoms. The molecule has 1 amide bonds. The van der Waals surface area contributed by atoms with E-state index >= 15 is 0 Å². The monoisotopic (exact) mass is 296 g/mol. The number of carbonyl (C=O) groups excluding carboxylic acids is 1. The largest absolute Gasteiger partial charge is 0.490 e. The van der Waals surface area contributed by atoms with Crippen LogP contribution in [0.1, 0.15) is 33.6 Å². The van der Waals surface area contributed by atoms with E-state index in [1.54, 1.807) is 4.90 Å². The number of hydrogen-bond donors (Lipinski definition) is 0. The van der Waals surface area contributed by atoms with E-state index < -0.39 is 11.4 Å². The Balaban J connectivity index is 1.91. The van der Waals surface area contributed by atoms with Gasteiger partial charge in [-0.3, -0.25) is 4.98 Å². The Morgan fingerprint density at radius 3 is 2.90 bits per heavy atom. The Labute approximate surface area is 124 Å². The van der Waals surface area contributed by atoms with Crippen LogP contribution in [0.25, 0.3) is 0 Å². The predicted molar refractivity (Wildman–Crippen MR) is 75.7 cm³/mol. The van der Waals surface area contributed by atoms with Crippen LogP contribution in [-0.2, 0) is 4.74 Å². The molecule has 0 aromatic carbocycles. The van der Waals surface area contributed by atoms with Crippen molar-refractivity contribution in [3.63, 3.8) is 0 Å². The van der Waals surface area contributed by atoms with E-state index in [1.807, 2.05) is 20.8 Å². The molecule has 1 aliphatic heterocycles. The van der Waals surface area contributed by atoms with Gasteiger partial charge in [0.15, 0.2) is 0 Å². The van der Waals surface area contributed by atoms with Gasteiger partial charge in [-0.1, -0.05) is 0 Å². The summed E-state index contributed by atoms with van der Waals surface area (Å²) < 4.78 is 23.9. The molecule has 0 saturated carbocycles. The first-order valence-electron chi connectivity index (χ1n) is 7.08. The van der Waals surface area contributed by atoms with Gasteiger partial charge >= 0.3 is 6.09 Å². The van der Waals surface area contributed by atoms with Crippen LogP contribution in [-0.4, -0.2) is 40.8 Å². The quantitative estimate of drug-likeness (QED) is 0.860. The van der Waals surface area contributed by atoms with E-state index in [9.17, 15) is 9.18 Å². The summed E-state index contributed by atoms with van der Waals surface area (Å²) in [5, 5.41) is 0. The van der Waals surface area contributed by atoms with Crippen molar-refractivity contribution in [1.29, 1.82) is 0 Å². The Morgan fingerprint density at radius 2 is 2.24 bits per heavy atom. The number of ether oxygens (including phenoxy) is 2. The highest BCUT2D eigenvalue weighted by Gasteiger charge is 2.32. The second kappa shape index (κ2) is 6.28. The first kappa shape index (κ1) is 15.5. The molecule has 1 aromatic heterocycles. The molecular formula is C15H21FN2O3. The maximum atomic E-state index is 13.0. The molecule has 1 saturated heterocycles. The second-order valence-electron chi connectivity index (χ2n) is 6.12. The molecule has 0 spiro atoms. The van der Waals surface area contributed by atoms with Gasteiger partial charge in [-0.15, -0.1) is 0 Å². The highest BCUT2D eigenvalue weighted by Crippen LogP contribution is 2.22. The summed E-state index contributed by atoms with van der Waals surface area (Å²) in [7, 11) is 0. The lowest BCUT2D eigenvalue weighted by Gasteiger charge is -2.28. The number of amides is 1. The van der Waals surface area contributed by atoms with Crippen molar-refractivity contribution in [2.75, 3.05) is 13.2 Å². The lowest BCUT2D eigenvalue weighted by atomic mass is 10.2. The fraction of sp³-hybridized carbons (Fsp3) is 0.600. The number of hydrogen-bond acceptors (Lipinski definition) is 4. The SMILES string of the molecule is CC(C)(C)OC(=O)N1CCC[C@H]1COc1cncc(F)c1. The van der Waals surface area contributed by atoms with Gasteiger partial charge in [0, 0.05) is 12.6 Å². The molecule has 5 nitrogen and oxygen atoms in total. The molecule has 116 valence electrons. The molecule has 0 aliphatic carbocycles. The molecule has 0 radical (unpaired) electrons. The standard InChI is InChI=1S/C15H21FN2O3/c1-15(2,3)21-14(19)18-6-4-5-12(18)10-20-13-7-11(16)8-17-9-13/h7-9,12H,4-6,10H2,1-3H3/t12-/m0/s1. The van der Waals surface area contributed by atoms with Crippen molar-refractivity contribution >= 4 is 6.09 Å². The van der Waals surface area contributed by atoms with Crippen LogP contribution < -0.4 is 4.74 Å². The maximum Gasteiger partial charge on any atom is 0.410 e. The number of halogens is 1. The van der Waals surface area contributed by atoms with Gasteiger partial charge in [0.2, 0.25) is 0 Å². The normalized spacial score (nSPS) is 18.7. The van der Waals surface area contributed by atoms with Crippen LogP contribution in [0.15, 0.2) is 18.5 Å². The van der Waals surface area contributed by atoms with Gasteiger partial charge in [-0.05, 0) is 33.6 Å². The van der Waals surface area contributed by atoms with Gasteiger partial charge in [0.05, 0.1) is 18.4 Å². The third-order valence-electron chi connectivity index (χ3n) is 3.13. The van der Waals surface area contributed by atoms with Gasteiger partial charge in [-0.25, -0.2) is 9.18 Å². The fourth-order valence-electron chi connectivity index (χ4n) is 2.23. The minimum absolute atomic E-state index is 0.0527. The van der Waals surface area contributed by atoms with Crippen molar-refractivity contribution in [3.05, 3.63) is 24.3 Å². The zero-order valence-corrected chi connectivity index (χ0v) is 12.6. The zero-order valence-electron chi connectivity index (χ0n) is 12.6. The Morgan fingerprint density at radius 1 is 1.48 bits per heavy atom. The number of carbonyl (C=O) groups is 1. The molecule has 2 heterocycles. The number of pyridine rings is 1. The lowest BCUT2D eigenvalue weighted by molar-refractivity contribution is 0.0187. The molecule has 0 bridgehead atoms. The average Bonchev–Trinajstić information content (AvgIpc) is 2.83. The third-order valence-corrected chi connectivity index (χ3v) is 3.13. The molecule has 1 fully saturated rings. The molecule has 2 rings (SSSR count). The van der Waals surface area contributed by atoms with E-state index in [4.69, 9.17) is 9.47 Å². The van der Waals surface area contributed by atoms with Crippen molar-refractivity contribution < 1.29 is 18.7 Å². The topological polar surface area (TPSA) is 51.7 Å². The Kier molecular flexibility index (Phi) is 4.65. The molecule has 1 aromatic rings. The third kappa shape index (κ3) is 4.58. The predicted octanol–water partition coefficient (Wildman–Crippen LogP) is 3.00. The van der Waals surface area contributed by atoms with E-state index in [2.05, 4.69) is 4.98 Å². The highest BCUT2D eigenvalue weighted by atomic mass is 19.1. The maximum absolute atomic E-state index is 13.0. The minimum Gasteiger partial charge on any atom is -0.490 e. The summed E-state index contributed by atoms with van der Waals surface area (Å²) in [6.45, 7) is 6.48. The van der Waals surface area contributed by atoms with Gasteiger partial charge in [0.25, 0.3) is 0 Å². The van der Waals surface area contributed by atoms with Crippen LogP contribution in [0, 0.1) is 5.82 Å². The van der Waals surface area contributed by atoms with E-state index in [-0.39, 0.29) is 12.1 Å². The van der Waals surface area contributed by atoms with E-state index in [1.165, 1.54) is 12.3 Å². The van der Waals surface area contributed by atoms with Crippen molar-refractivity contribution in [2.24, 2.45) is 0 Å². The summed E-state index contributed by atoms with van der Waals surface area (Å²) in [5.74, 6) is -0.0750. The van der Waals surface area contributed by atoms with Gasteiger partial charge in [-0.2, -0.15) is 0 Å². The molecule has 1 aliphatic rings. The highest BCUT2D eigenvalue weighted by molar-refractivity contribution is 5.69. The summed E-state index contributed by atoms with van der Waals surface area (Å²) in [5.41, 5.74) is -0.516. The molecule has 6 heteroatoms. The fourth-order valence-corrected chi connectivity index (χ4v) is 2.23. The van der Waals surface area contributed by atoms with E-state index in [0.29, 0.717) is 18.9 Å². The number of nitrogens with zero attached hydrogens (tertiary/aromatic N) is 2. The first-order valence-corrected chi connectivity index (χ1v) is 7.08. The first-order chi connectivity index (χ1) is 9.85. The average molecular weight is 296 g/mol. The Hall–Kier alpha value is -1.85. The zero-order chi connectivity index (χ0) is 15.5. The second-order valence-corrected chi connectivity index (χ2v) is 6.12. The Bertz CT molecular complexity index is 502. The number of aromatic nitrogens is 1. The van der Waals surface area contributed by atoms with Crippen LogP contribution in [0.3, 0.4) is 0 Å². The van der Waals surface area contributed by atoms with Crippen LogP contribution in [0.5, 0.6) is 5.75 Å². The molecule has 1 atom stereocenters. The van der Waals surface area contributed by atoms with Crippen LogP contribution in [0.4, 0.5) is 9.18 Å². The van der Waals surface area contributed by atoms with Crippen LogP contribution in [0.2, 0.25) is 0 Å². The summed E-state index contributed by atoms with van der Waals surface area (Å²) in [6.07, 6.45) is 4.01. The lowest BCUT2D eigenvalue weighted by Crippen LogP contribution is -2.42. The smallest absolute Gasteiger partial charge is 0.410 e. The minimum atomic E-state index is -0.516. The molecule has 0 N–H and O–H groups in total. The summed E-state index contributed by atoms with van der Waals surface area (Å²) in [6, 6.07) is 1.22. The summed E-state index contributed by atoms with van der Waals surface area (Å²) >= 11 is 0. The number of rotatable bonds is 3. The van der Waals surface area contributed by atoms with E-state index in [0.717, 1.165) is 19.0 Å². The summed E-state index contributed by atoms with van der Waals surface area (Å²) in [4.78, 5) is 17.5. The van der Waals surface area contributed by atoms with Gasteiger partial charge < -0.3 is 14.4 Å². The van der Waals surface area contributed by atoms with Crippen molar-refractivity contribution in [1.82, 2.24) is 9.88 Å². The van der Waals surface area contributed by atoms with Crippen LogP contribution >= 0.6 is 0 Å². The molecular weight excluding hydrogens is 275 g/mol. The van der Waals surface area contributed by atoms with Crippen molar-refractivity contribution in [3.8, 4) is 5.75 Å². The number of likely N-dealkylation sites (tertiary alicyclic amines) is 1. The molecule has 0 unspecified atom stereocenters. The van der Waals surface area contributed by atoms with Gasteiger partial charge in [0.1, 0.15) is 23.8 Å².